The molecule has 0 aliphatic heterocycles. The second kappa shape index (κ2) is 7.88. The molecule has 0 fully saturated rings. The molecule has 22 heavy (non-hydrogen) atoms. The number of amides is 2. The summed E-state index contributed by atoms with van der Waals surface area (Å²) in [6, 6.07) is 11.0. The van der Waals surface area contributed by atoms with E-state index in [9.17, 15) is 9.59 Å². The third-order valence-electron chi connectivity index (χ3n) is 3.09. The summed E-state index contributed by atoms with van der Waals surface area (Å²) in [4.78, 5) is 29.7. The van der Waals surface area contributed by atoms with Gasteiger partial charge in [0.25, 0.3) is 5.91 Å². The first-order valence-electron chi connectivity index (χ1n) is 6.73. The second-order valence-electron chi connectivity index (χ2n) is 4.77. The maximum absolute atomic E-state index is 12.1. The molecular formula is C16H16IN3O2. The lowest BCUT2D eigenvalue weighted by Gasteiger charge is -2.17. The lowest BCUT2D eigenvalue weighted by molar-refractivity contribution is -0.129. The molecule has 0 unspecified atom stereocenters. The van der Waals surface area contributed by atoms with E-state index in [1.165, 1.54) is 0 Å². The molecule has 0 aliphatic rings. The van der Waals surface area contributed by atoms with E-state index in [-0.39, 0.29) is 18.4 Å². The van der Waals surface area contributed by atoms with Crippen molar-refractivity contribution in [1.82, 2.24) is 15.2 Å². The zero-order valence-corrected chi connectivity index (χ0v) is 14.3. The highest BCUT2D eigenvalue weighted by atomic mass is 127. The van der Waals surface area contributed by atoms with Crippen molar-refractivity contribution in [2.45, 2.75) is 6.54 Å². The van der Waals surface area contributed by atoms with Crippen molar-refractivity contribution < 1.29 is 9.59 Å². The summed E-state index contributed by atoms with van der Waals surface area (Å²) in [5.74, 6) is -0.392. The van der Waals surface area contributed by atoms with Crippen LogP contribution in [0.3, 0.4) is 0 Å². The highest BCUT2D eigenvalue weighted by molar-refractivity contribution is 14.1. The van der Waals surface area contributed by atoms with Gasteiger partial charge in [-0.2, -0.15) is 0 Å². The SMILES string of the molecule is CN(Cc1cccnc1)C(=O)CNC(=O)c1ccccc1I. The summed E-state index contributed by atoms with van der Waals surface area (Å²) in [6.07, 6.45) is 3.40. The van der Waals surface area contributed by atoms with Crippen molar-refractivity contribution in [3.05, 3.63) is 63.5 Å². The fourth-order valence-corrected chi connectivity index (χ4v) is 2.52. The number of nitrogens with one attached hydrogen (secondary N) is 1. The molecule has 1 aromatic carbocycles. The van der Waals surface area contributed by atoms with Gasteiger partial charge in [-0.3, -0.25) is 14.6 Å². The fraction of sp³-hybridized carbons (Fsp3) is 0.188. The van der Waals surface area contributed by atoms with Crippen LogP contribution in [0.25, 0.3) is 0 Å². The number of benzene rings is 1. The number of nitrogens with zero attached hydrogens (tertiary/aromatic N) is 2. The van der Waals surface area contributed by atoms with Crippen LogP contribution >= 0.6 is 22.6 Å². The first-order valence-corrected chi connectivity index (χ1v) is 7.81. The molecule has 1 N–H and O–H groups in total. The number of halogens is 1. The lowest BCUT2D eigenvalue weighted by atomic mass is 10.2. The summed E-state index contributed by atoms with van der Waals surface area (Å²) >= 11 is 2.10. The van der Waals surface area contributed by atoms with E-state index in [0.29, 0.717) is 12.1 Å². The molecule has 2 aromatic rings. The normalized spacial score (nSPS) is 10.1. The number of pyridine rings is 1. The van der Waals surface area contributed by atoms with Gasteiger partial charge in [-0.1, -0.05) is 18.2 Å². The van der Waals surface area contributed by atoms with E-state index < -0.39 is 0 Å². The van der Waals surface area contributed by atoms with Gasteiger partial charge in [0.2, 0.25) is 5.91 Å². The van der Waals surface area contributed by atoms with Gasteiger partial charge in [0.1, 0.15) is 0 Å². The van der Waals surface area contributed by atoms with Crippen LogP contribution in [0, 0.1) is 3.57 Å². The molecule has 114 valence electrons. The summed E-state index contributed by atoms with van der Waals surface area (Å²) in [7, 11) is 1.70. The molecule has 0 aliphatic carbocycles. The van der Waals surface area contributed by atoms with Crippen LogP contribution in [0.5, 0.6) is 0 Å². The van der Waals surface area contributed by atoms with Crippen molar-refractivity contribution in [3.63, 3.8) is 0 Å². The van der Waals surface area contributed by atoms with Crippen LogP contribution in [-0.4, -0.2) is 35.3 Å². The molecule has 1 heterocycles. The number of carbonyl (C=O) groups excluding carboxylic acids is 2. The van der Waals surface area contributed by atoms with Gasteiger partial charge in [-0.25, -0.2) is 0 Å². The van der Waals surface area contributed by atoms with Crippen molar-refractivity contribution in [2.24, 2.45) is 0 Å². The third-order valence-corrected chi connectivity index (χ3v) is 4.03. The molecular weight excluding hydrogens is 393 g/mol. The number of hydrogen-bond acceptors (Lipinski definition) is 3. The van der Waals surface area contributed by atoms with Crippen LogP contribution in [0.1, 0.15) is 15.9 Å². The summed E-state index contributed by atoms with van der Waals surface area (Å²) < 4.78 is 0.855. The van der Waals surface area contributed by atoms with Crippen LogP contribution < -0.4 is 5.32 Å². The van der Waals surface area contributed by atoms with E-state index in [2.05, 4.69) is 32.9 Å². The van der Waals surface area contributed by atoms with Crippen molar-refractivity contribution in [2.75, 3.05) is 13.6 Å². The largest absolute Gasteiger partial charge is 0.343 e. The quantitative estimate of drug-likeness (QED) is 0.770. The Morgan fingerprint density at radius 2 is 2.00 bits per heavy atom. The third kappa shape index (κ3) is 4.52. The van der Waals surface area contributed by atoms with Gasteiger partial charge in [0, 0.05) is 29.6 Å². The molecule has 5 nitrogen and oxygen atoms in total. The van der Waals surface area contributed by atoms with Gasteiger partial charge in [-0.05, 0) is 46.4 Å². The van der Waals surface area contributed by atoms with Crippen LogP contribution in [0.15, 0.2) is 48.8 Å². The minimum absolute atomic E-state index is 0.0272. The average molecular weight is 409 g/mol. The van der Waals surface area contributed by atoms with E-state index in [4.69, 9.17) is 0 Å². The van der Waals surface area contributed by atoms with Crippen molar-refractivity contribution >= 4 is 34.4 Å². The first kappa shape index (κ1) is 16.4. The lowest BCUT2D eigenvalue weighted by Crippen LogP contribution is -2.38. The smallest absolute Gasteiger partial charge is 0.252 e. The highest BCUT2D eigenvalue weighted by Crippen LogP contribution is 2.10. The zero-order valence-electron chi connectivity index (χ0n) is 12.1. The molecule has 2 amide bonds. The predicted octanol–water partition coefficient (Wildman–Crippen LogP) is 2.07. The Morgan fingerprint density at radius 1 is 1.23 bits per heavy atom. The molecule has 0 atom stereocenters. The number of hydrogen-bond donors (Lipinski definition) is 1. The molecule has 2 rings (SSSR count). The molecule has 1 aromatic heterocycles. The Morgan fingerprint density at radius 3 is 2.68 bits per heavy atom. The van der Waals surface area contributed by atoms with Crippen molar-refractivity contribution in [1.29, 1.82) is 0 Å². The van der Waals surface area contributed by atoms with E-state index in [1.807, 2.05) is 24.3 Å². The van der Waals surface area contributed by atoms with Gasteiger partial charge in [-0.15, -0.1) is 0 Å². The Labute approximate surface area is 142 Å². The summed E-state index contributed by atoms with van der Waals surface area (Å²) in [6.45, 7) is 0.436. The van der Waals surface area contributed by atoms with Gasteiger partial charge in [0.15, 0.2) is 0 Å². The molecule has 0 bridgehead atoms. The Balaban J connectivity index is 1.87. The minimum Gasteiger partial charge on any atom is -0.343 e. The fourth-order valence-electron chi connectivity index (χ4n) is 1.89. The Bertz CT molecular complexity index is 661. The Kier molecular flexibility index (Phi) is 5.88. The molecule has 0 spiro atoms. The zero-order chi connectivity index (χ0) is 15.9. The highest BCUT2D eigenvalue weighted by Gasteiger charge is 2.13. The van der Waals surface area contributed by atoms with Gasteiger partial charge in [0.05, 0.1) is 12.1 Å². The van der Waals surface area contributed by atoms with Crippen LogP contribution in [-0.2, 0) is 11.3 Å². The summed E-state index contributed by atoms with van der Waals surface area (Å²) in [5.41, 5.74) is 1.52. The topological polar surface area (TPSA) is 62.3 Å². The predicted molar refractivity (Wildman–Crippen MR) is 92.2 cm³/mol. The standard InChI is InChI=1S/C16H16IN3O2/c1-20(11-12-5-4-8-18-9-12)15(21)10-19-16(22)13-6-2-3-7-14(13)17/h2-9H,10-11H2,1H3,(H,19,22). The number of likely N-dealkylation sites (N-methyl/N-ethyl adjacent to an activating group) is 1. The second-order valence-corrected chi connectivity index (χ2v) is 5.94. The van der Waals surface area contributed by atoms with Crippen molar-refractivity contribution in [3.8, 4) is 0 Å². The molecule has 0 saturated carbocycles. The van der Waals surface area contributed by atoms with E-state index in [0.717, 1.165) is 9.13 Å². The number of aromatic nitrogens is 1. The van der Waals surface area contributed by atoms with Gasteiger partial charge >= 0.3 is 0 Å². The average Bonchev–Trinajstić information content (AvgIpc) is 2.53. The Hall–Kier alpha value is -1.96. The maximum atomic E-state index is 12.1. The van der Waals surface area contributed by atoms with Gasteiger partial charge < -0.3 is 10.2 Å². The van der Waals surface area contributed by atoms with E-state index >= 15 is 0 Å². The minimum atomic E-state index is -0.242. The monoisotopic (exact) mass is 409 g/mol. The van der Waals surface area contributed by atoms with E-state index in [1.54, 1.807) is 36.5 Å². The molecule has 0 saturated heterocycles. The molecule has 6 heteroatoms. The molecule has 0 radical (unpaired) electrons. The first-order chi connectivity index (χ1) is 10.6. The number of carbonyl (C=O) groups is 2. The maximum Gasteiger partial charge on any atom is 0.252 e. The van der Waals surface area contributed by atoms with Crippen LogP contribution in [0.4, 0.5) is 0 Å². The summed E-state index contributed by atoms with van der Waals surface area (Å²) in [5, 5.41) is 2.66. The van der Waals surface area contributed by atoms with Crippen LogP contribution in [0.2, 0.25) is 0 Å². The number of rotatable bonds is 5.